The first-order valence-electron chi connectivity index (χ1n) is 11.0. The molecule has 0 spiro atoms. The van der Waals surface area contributed by atoms with Gasteiger partial charge in [-0.25, -0.2) is 0 Å². The number of carbonyl (C=O) groups is 1. The van der Waals surface area contributed by atoms with Gasteiger partial charge in [-0.3, -0.25) is 9.69 Å². The van der Waals surface area contributed by atoms with Crippen LogP contribution in [0.2, 0.25) is 10.0 Å². The van der Waals surface area contributed by atoms with Crippen molar-refractivity contribution in [2.24, 2.45) is 0 Å². The average molecular weight is 447 g/mol. The topological polar surface area (TPSA) is 23.6 Å². The van der Waals surface area contributed by atoms with Gasteiger partial charge in [-0.05, 0) is 68.5 Å². The lowest BCUT2D eigenvalue weighted by Gasteiger charge is -2.39. The number of likely N-dealkylation sites (N-methyl/N-ethyl adjacent to an activating group) is 1. The second-order valence-corrected chi connectivity index (χ2v) is 8.93. The quantitative estimate of drug-likeness (QED) is 0.509. The Kier molecular flexibility index (Phi) is 8.61. The largest absolute Gasteiger partial charge is 0.337 e. The van der Waals surface area contributed by atoms with E-state index in [1.165, 1.54) is 49.9 Å². The summed E-state index contributed by atoms with van der Waals surface area (Å²) in [4.78, 5) is 17.1. The molecule has 0 unspecified atom stereocenters. The highest BCUT2D eigenvalue weighted by Crippen LogP contribution is 2.37. The van der Waals surface area contributed by atoms with E-state index in [1.54, 1.807) is 12.1 Å². The number of hydrogen-bond acceptors (Lipinski definition) is 2. The van der Waals surface area contributed by atoms with Crippen LogP contribution in [0.25, 0.3) is 0 Å². The number of benzene rings is 2. The second kappa shape index (κ2) is 11.2. The van der Waals surface area contributed by atoms with Gasteiger partial charge in [0.05, 0.1) is 16.1 Å². The zero-order valence-corrected chi connectivity index (χ0v) is 19.5. The van der Waals surface area contributed by atoms with Crippen molar-refractivity contribution in [1.82, 2.24) is 9.80 Å². The molecule has 0 N–H and O–H groups in total. The molecule has 30 heavy (non-hydrogen) atoms. The third-order valence-corrected chi connectivity index (χ3v) is 6.99. The van der Waals surface area contributed by atoms with Crippen molar-refractivity contribution < 1.29 is 4.79 Å². The van der Waals surface area contributed by atoms with Crippen LogP contribution in [-0.4, -0.2) is 41.9 Å². The fraction of sp³-hybridized carbons (Fsp3) is 0.480. The van der Waals surface area contributed by atoms with E-state index in [4.69, 9.17) is 23.2 Å². The van der Waals surface area contributed by atoms with E-state index in [-0.39, 0.29) is 11.9 Å². The van der Waals surface area contributed by atoms with E-state index in [9.17, 15) is 4.79 Å². The molecule has 4 rings (SSSR count). The lowest BCUT2D eigenvalue weighted by molar-refractivity contribution is -0.133. The summed E-state index contributed by atoms with van der Waals surface area (Å²) in [6, 6.07) is 16.6. The summed E-state index contributed by atoms with van der Waals surface area (Å²) in [5.74, 6) is 0.255. The zero-order chi connectivity index (χ0) is 21.5. The Morgan fingerprint density at radius 2 is 1.60 bits per heavy atom. The number of carbonyl (C=O) groups excluding carboxylic acids is 1. The van der Waals surface area contributed by atoms with E-state index in [0.717, 1.165) is 6.42 Å². The van der Waals surface area contributed by atoms with Crippen molar-refractivity contribution in [3.63, 3.8) is 0 Å². The summed E-state index contributed by atoms with van der Waals surface area (Å²) < 4.78 is 0. The summed E-state index contributed by atoms with van der Waals surface area (Å²) in [5.41, 5.74) is 2.81. The van der Waals surface area contributed by atoms with Crippen molar-refractivity contribution in [3.8, 4) is 0 Å². The van der Waals surface area contributed by atoms with E-state index >= 15 is 0 Å². The molecule has 5 heteroatoms. The van der Waals surface area contributed by atoms with Crippen molar-refractivity contribution in [3.05, 3.63) is 69.7 Å². The molecule has 1 fully saturated rings. The third kappa shape index (κ3) is 5.57. The van der Waals surface area contributed by atoms with Gasteiger partial charge < -0.3 is 4.90 Å². The Balaban J connectivity index is 0.000000269. The molecule has 1 saturated heterocycles. The highest BCUT2D eigenvalue weighted by atomic mass is 35.5. The van der Waals surface area contributed by atoms with Crippen LogP contribution in [0.15, 0.2) is 48.5 Å². The lowest BCUT2D eigenvalue weighted by atomic mass is 9.93. The van der Waals surface area contributed by atoms with Gasteiger partial charge in [-0.2, -0.15) is 0 Å². The normalized spacial score (nSPS) is 21.2. The fourth-order valence-electron chi connectivity index (χ4n) is 4.68. The van der Waals surface area contributed by atoms with Crippen LogP contribution in [0.4, 0.5) is 0 Å². The van der Waals surface area contributed by atoms with Crippen molar-refractivity contribution in [2.45, 2.75) is 57.5 Å². The summed E-state index contributed by atoms with van der Waals surface area (Å²) in [5, 5.41) is 1.21. The molecule has 0 saturated carbocycles. The van der Waals surface area contributed by atoms with Gasteiger partial charge in [-0.1, -0.05) is 66.5 Å². The smallest absolute Gasteiger partial charge is 0.222 e. The molecular weight excluding hydrogens is 415 g/mol. The highest BCUT2D eigenvalue weighted by molar-refractivity contribution is 6.41. The fourth-order valence-corrected chi connectivity index (χ4v) is 4.95. The molecular formula is C25H32Cl2N2O. The maximum Gasteiger partial charge on any atom is 0.222 e. The van der Waals surface area contributed by atoms with Crippen LogP contribution in [0.1, 0.15) is 56.2 Å². The minimum Gasteiger partial charge on any atom is -0.337 e. The number of halogens is 2. The van der Waals surface area contributed by atoms with Crippen molar-refractivity contribution in [2.75, 3.05) is 20.1 Å². The number of likely N-dealkylation sites (tertiary alicyclic amines) is 1. The van der Waals surface area contributed by atoms with E-state index < -0.39 is 0 Å². The molecule has 1 aliphatic carbocycles. The van der Waals surface area contributed by atoms with Gasteiger partial charge >= 0.3 is 0 Å². The van der Waals surface area contributed by atoms with Crippen LogP contribution in [0.3, 0.4) is 0 Å². The monoisotopic (exact) mass is 446 g/mol. The second-order valence-electron chi connectivity index (χ2n) is 8.12. The molecule has 2 atom stereocenters. The maximum atomic E-state index is 12.4. The number of aryl methyl sites for hydroxylation is 1. The van der Waals surface area contributed by atoms with Gasteiger partial charge in [0.2, 0.25) is 5.91 Å². The molecule has 1 amide bonds. The van der Waals surface area contributed by atoms with Gasteiger partial charge in [0.25, 0.3) is 0 Å². The molecule has 1 aliphatic heterocycles. The summed E-state index contributed by atoms with van der Waals surface area (Å²) in [6.45, 7) is 4.35. The Labute approximate surface area is 191 Å². The standard InChI is InChI=1S/C19H28N2O.C6H4Cl2/c1-3-18(22)20(2)19-16-11-5-4-9-15(16)10-8-12-17(19)21-13-6-7-14-21;7-5-3-1-2-4-6(5)8/h4-5,9,11,17,19H,3,6-8,10,12-14H2,1-2H3;1-4H/t17-,19-;/m0./s1. The maximum absolute atomic E-state index is 12.4. The molecule has 2 aliphatic rings. The Bertz CT molecular complexity index is 814. The summed E-state index contributed by atoms with van der Waals surface area (Å²) >= 11 is 11.2. The predicted molar refractivity (Wildman–Crippen MR) is 126 cm³/mol. The van der Waals surface area contributed by atoms with Crippen LogP contribution >= 0.6 is 23.2 Å². The third-order valence-electron chi connectivity index (χ3n) is 6.23. The van der Waals surface area contributed by atoms with E-state index in [2.05, 4.69) is 29.2 Å². The molecule has 1 heterocycles. The SMILES string of the molecule is CCC(=O)N(C)[C@H]1c2ccccc2CCC[C@@H]1N1CCCC1.Clc1ccccc1Cl. The molecule has 0 radical (unpaired) electrons. The first kappa shape index (κ1) is 23.1. The number of rotatable bonds is 3. The van der Waals surface area contributed by atoms with Crippen molar-refractivity contribution in [1.29, 1.82) is 0 Å². The zero-order valence-electron chi connectivity index (χ0n) is 18.0. The minimum atomic E-state index is 0.212. The lowest BCUT2D eigenvalue weighted by Crippen LogP contribution is -2.45. The summed E-state index contributed by atoms with van der Waals surface area (Å²) in [7, 11) is 2.00. The number of nitrogens with zero attached hydrogens (tertiary/aromatic N) is 2. The van der Waals surface area contributed by atoms with Crippen LogP contribution in [-0.2, 0) is 11.2 Å². The Morgan fingerprint density at radius 3 is 2.20 bits per heavy atom. The molecule has 2 aromatic carbocycles. The predicted octanol–water partition coefficient (Wildman–Crippen LogP) is 6.39. The Morgan fingerprint density at radius 1 is 1.00 bits per heavy atom. The first-order valence-corrected chi connectivity index (χ1v) is 11.8. The van der Waals surface area contributed by atoms with Gasteiger partial charge in [0.15, 0.2) is 0 Å². The molecule has 162 valence electrons. The van der Waals surface area contributed by atoms with Crippen LogP contribution in [0, 0.1) is 0 Å². The van der Waals surface area contributed by atoms with Gasteiger partial charge in [-0.15, -0.1) is 0 Å². The van der Waals surface area contributed by atoms with E-state index in [0.29, 0.717) is 22.5 Å². The van der Waals surface area contributed by atoms with Gasteiger partial charge in [0, 0.05) is 19.5 Å². The highest BCUT2D eigenvalue weighted by Gasteiger charge is 2.36. The molecule has 0 bridgehead atoms. The van der Waals surface area contributed by atoms with Crippen molar-refractivity contribution >= 4 is 29.1 Å². The molecule has 2 aromatic rings. The number of fused-ring (bicyclic) bond motifs is 1. The average Bonchev–Trinajstić information content (AvgIpc) is 3.23. The Hall–Kier alpha value is -1.55. The van der Waals surface area contributed by atoms with Gasteiger partial charge in [0.1, 0.15) is 0 Å². The molecule has 3 nitrogen and oxygen atoms in total. The van der Waals surface area contributed by atoms with Crippen LogP contribution in [0.5, 0.6) is 0 Å². The summed E-state index contributed by atoms with van der Waals surface area (Å²) in [6.07, 6.45) is 6.75. The first-order chi connectivity index (χ1) is 14.5. The minimum absolute atomic E-state index is 0.212. The number of amides is 1. The van der Waals surface area contributed by atoms with E-state index in [1.807, 2.05) is 31.0 Å². The molecule has 0 aromatic heterocycles. The van der Waals surface area contributed by atoms with Crippen LogP contribution < -0.4 is 0 Å². The number of hydrogen-bond donors (Lipinski definition) is 0.